The van der Waals surface area contributed by atoms with E-state index in [1.54, 1.807) is 15.8 Å². The Labute approximate surface area is 156 Å². The summed E-state index contributed by atoms with van der Waals surface area (Å²) in [6.07, 6.45) is 6.60. The number of nitrogens with one attached hydrogen (secondary N) is 1. The lowest BCUT2D eigenvalue weighted by Gasteiger charge is -2.35. The Bertz CT molecular complexity index is 789. The summed E-state index contributed by atoms with van der Waals surface area (Å²) in [5, 5.41) is 7.27. The molecule has 2 fully saturated rings. The summed E-state index contributed by atoms with van der Waals surface area (Å²) in [6.45, 7) is 2.92. The van der Waals surface area contributed by atoms with Gasteiger partial charge in [-0.2, -0.15) is 5.10 Å². The summed E-state index contributed by atoms with van der Waals surface area (Å²) in [6, 6.07) is -0.167. The molecule has 0 radical (unpaired) electrons. The minimum atomic E-state index is -0.460. The number of rotatable bonds is 3. The fraction of sp³-hybridized carbons (Fsp3) is 0.529. The van der Waals surface area contributed by atoms with Crippen LogP contribution < -0.4 is 10.2 Å². The van der Waals surface area contributed by atoms with Crippen molar-refractivity contribution in [3.05, 3.63) is 36.2 Å². The van der Waals surface area contributed by atoms with E-state index in [-0.39, 0.29) is 18.2 Å². The molecule has 0 saturated carbocycles. The molecule has 2 aromatic rings. The van der Waals surface area contributed by atoms with Crippen LogP contribution in [0.25, 0.3) is 0 Å². The normalized spacial score (nSPS) is 22.9. The number of anilines is 1. The number of carbonyl (C=O) groups excluding carboxylic acids is 1. The average molecular weight is 375 g/mol. The van der Waals surface area contributed by atoms with Gasteiger partial charge in [-0.25, -0.2) is 19.2 Å². The molecule has 0 aliphatic carbocycles. The average Bonchev–Trinajstić information content (AvgIpc) is 3.31. The van der Waals surface area contributed by atoms with E-state index in [1.807, 2.05) is 18.1 Å². The number of hydrogen-bond donors (Lipinski definition) is 1. The zero-order valence-corrected chi connectivity index (χ0v) is 15.1. The van der Waals surface area contributed by atoms with Crippen LogP contribution in [0.2, 0.25) is 0 Å². The lowest BCUT2D eigenvalue weighted by Crippen LogP contribution is -2.54. The van der Waals surface area contributed by atoms with Gasteiger partial charge >= 0.3 is 6.03 Å². The maximum atomic E-state index is 13.0. The summed E-state index contributed by atoms with van der Waals surface area (Å²) in [5.41, 5.74) is 0.971. The maximum Gasteiger partial charge on any atom is 0.317 e. The van der Waals surface area contributed by atoms with Crippen molar-refractivity contribution >= 4 is 12.0 Å². The van der Waals surface area contributed by atoms with Gasteiger partial charge in [-0.15, -0.1) is 0 Å². The monoisotopic (exact) mass is 375 g/mol. The molecule has 1 N–H and O–H groups in total. The SMILES string of the molecule is Cn1cc([C@@H]2OCC[C@H]2NC(=O)N2CCN(c3ncc(F)cn3)CC2)cn1. The van der Waals surface area contributed by atoms with E-state index in [0.717, 1.165) is 24.4 Å². The number of halogens is 1. The van der Waals surface area contributed by atoms with E-state index < -0.39 is 5.82 Å². The first-order chi connectivity index (χ1) is 13.1. The number of carbonyl (C=O) groups is 1. The van der Waals surface area contributed by atoms with Gasteiger partial charge in [0.15, 0.2) is 5.82 Å². The second-order valence-electron chi connectivity index (χ2n) is 6.76. The standard InChI is InChI=1S/C17H22FN7O2/c1-23-11-12(8-21-23)15-14(2-7-27-15)22-17(26)25-5-3-24(4-6-25)16-19-9-13(18)10-20-16/h8-11,14-15H,2-7H2,1H3,(H,22,26)/t14-,15+/m1/s1. The molecule has 2 saturated heterocycles. The van der Waals surface area contributed by atoms with Gasteiger partial charge < -0.3 is 19.9 Å². The molecule has 0 spiro atoms. The summed E-state index contributed by atoms with van der Waals surface area (Å²) in [7, 11) is 1.86. The Morgan fingerprint density at radius 1 is 1.22 bits per heavy atom. The highest BCUT2D eigenvalue weighted by Crippen LogP contribution is 2.29. The highest BCUT2D eigenvalue weighted by atomic mass is 19.1. The number of hydrogen-bond acceptors (Lipinski definition) is 6. The van der Waals surface area contributed by atoms with E-state index in [0.29, 0.717) is 38.7 Å². The van der Waals surface area contributed by atoms with Crippen LogP contribution in [0.4, 0.5) is 15.1 Å². The van der Waals surface area contributed by atoms with Crippen LogP contribution in [0.1, 0.15) is 18.1 Å². The van der Waals surface area contributed by atoms with Crippen LogP contribution in [-0.2, 0) is 11.8 Å². The number of piperazine rings is 1. The molecule has 2 amide bonds. The van der Waals surface area contributed by atoms with Gasteiger partial charge in [0.1, 0.15) is 6.10 Å². The molecule has 9 nitrogen and oxygen atoms in total. The Kier molecular flexibility index (Phi) is 4.88. The van der Waals surface area contributed by atoms with Crippen molar-refractivity contribution in [3.8, 4) is 0 Å². The van der Waals surface area contributed by atoms with Crippen LogP contribution in [0.5, 0.6) is 0 Å². The first-order valence-electron chi connectivity index (χ1n) is 8.98. The topological polar surface area (TPSA) is 88.4 Å². The summed E-state index contributed by atoms with van der Waals surface area (Å²) < 4.78 is 20.5. The molecule has 10 heteroatoms. The van der Waals surface area contributed by atoms with Crippen LogP contribution in [0, 0.1) is 5.82 Å². The number of ether oxygens (including phenoxy) is 1. The van der Waals surface area contributed by atoms with Crippen molar-refractivity contribution in [1.29, 1.82) is 0 Å². The smallest absolute Gasteiger partial charge is 0.317 e. The van der Waals surface area contributed by atoms with Crippen LogP contribution in [0.3, 0.4) is 0 Å². The first kappa shape index (κ1) is 17.7. The molecule has 4 rings (SSSR count). The Balaban J connectivity index is 1.32. The quantitative estimate of drug-likeness (QED) is 0.850. The van der Waals surface area contributed by atoms with Crippen molar-refractivity contribution in [3.63, 3.8) is 0 Å². The zero-order chi connectivity index (χ0) is 18.8. The number of nitrogens with zero attached hydrogens (tertiary/aromatic N) is 6. The van der Waals surface area contributed by atoms with Crippen LogP contribution in [-0.4, -0.2) is 69.5 Å². The molecule has 2 aromatic heterocycles. The largest absolute Gasteiger partial charge is 0.371 e. The summed E-state index contributed by atoms with van der Waals surface area (Å²) in [4.78, 5) is 24.4. The van der Waals surface area contributed by atoms with E-state index in [4.69, 9.17) is 4.74 Å². The van der Waals surface area contributed by atoms with Crippen LogP contribution in [0.15, 0.2) is 24.8 Å². The van der Waals surface area contributed by atoms with Crippen molar-refractivity contribution in [2.75, 3.05) is 37.7 Å². The Morgan fingerprint density at radius 2 is 1.96 bits per heavy atom. The second-order valence-corrected chi connectivity index (χ2v) is 6.76. The molecule has 27 heavy (non-hydrogen) atoms. The molecule has 2 aliphatic rings. The lowest BCUT2D eigenvalue weighted by atomic mass is 10.1. The highest BCUT2D eigenvalue weighted by molar-refractivity contribution is 5.75. The Hall–Kier alpha value is -2.75. The van der Waals surface area contributed by atoms with E-state index in [1.165, 1.54) is 0 Å². The van der Waals surface area contributed by atoms with E-state index in [2.05, 4.69) is 20.4 Å². The van der Waals surface area contributed by atoms with Crippen molar-refractivity contribution in [1.82, 2.24) is 30.0 Å². The molecule has 0 aromatic carbocycles. The molecule has 4 heterocycles. The third kappa shape index (κ3) is 3.85. The summed E-state index contributed by atoms with van der Waals surface area (Å²) >= 11 is 0. The molecule has 144 valence electrons. The van der Waals surface area contributed by atoms with Gasteiger partial charge in [0.25, 0.3) is 0 Å². The van der Waals surface area contributed by atoms with Crippen LogP contribution >= 0.6 is 0 Å². The molecular formula is C17H22FN7O2. The molecular weight excluding hydrogens is 353 g/mol. The van der Waals surface area contributed by atoms with Gasteiger partial charge in [-0.05, 0) is 6.42 Å². The third-order valence-electron chi connectivity index (χ3n) is 4.91. The highest BCUT2D eigenvalue weighted by Gasteiger charge is 2.33. The number of amides is 2. The first-order valence-corrected chi connectivity index (χ1v) is 8.98. The second kappa shape index (κ2) is 7.47. The van der Waals surface area contributed by atoms with Gasteiger partial charge in [-0.1, -0.05) is 0 Å². The minimum Gasteiger partial charge on any atom is -0.371 e. The summed E-state index contributed by atoms with van der Waals surface area (Å²) in [5.74, 6) is 0.0241. The Morgan fingerprint density at radius 3 is 2.63 bits per heavy atom. The fourth-order valence-corrected chi connectivity index (χ4v) is 3.48. The number of urea groups is 1. The minimum absolute atomic E-state index is 0.0693. The van der Waals surface area contributed by atoms with Gasteiger partial charge in [0.2, 0.25) is 5.95 Å². The van der Waals surface area contributed by atoms with Gasteiger partial charge in [0, 0.05) is 51.6 Å². The lowest BCUT2D eigenvalue weighted by molar-refractivity contribution is 0.0978. The predicted molar refractivity (Wildman–Crippen MR) is 94.6 cm³/mol. The van der Waals surface area contributed by atoms with Crippen molar-refractivity contribution in [2.45, 2.75) is 18.6 Å². The van der Waals surface area contributed by atoms with Gasteiger partial charge in [-0.3, -0.25) is 4.68 Å². The number of aryl methyl sites for hydroxylation is 1. The number of aromatic nitrogens is 4. The fourth-order valence-electron chi connectivity index (χ4n) is 3.48. The maximum absolute atomic E-state index is 13.0. The van der Waals surface area contributed by atoms with Gasteiger partial charge in [0.05, 0.1) is 24.6 Å². The molecule has 2 atom stereocenters. The predicted octanol–water partition coefficient (Wildman–Crippen LogP) is 0.711. The van der Waals surface area contributed by atoms with E-state index >= 15 is 0 Å². The molecule has 0 bridgehead atoms. The van der Waals surface area contributed by atoms with E-state index in [9.17, 15) is 9.18 Å². The third-order valence-corrected chi connectivity index (χ3v) is 4.91. The molecule has 2 aliphatic heterocycles. The van der Waals surface area contributed by atoms with Crippen molar-refractivity contribution < 1.29 is 13.9 Å². The zero-order valence-electron chi connectivity index (χ0n) is 15.1. The molecule has 0 unspecified atom stereocenters. The van der Waals surface area contributed by atoms with Crippen molar-refractivity contribution in [2.24, 2.45) is 7.05 Å².